The van der Waals surface area contributed by atoms with Gasteiger partial charge in [0.2, 0.25) is 0 Å². The van der Waals surface area contributed by atoms with Gasteiger partial charge in [0.05, 0.1) is 6.42 Å². The molecule has 0 unspecified atom stereocenters. The van der Waals surface area contributed by atoms with Crippen molar-refractivity contribution in [2.45, 2.75) is 12.2 Å². The molecule has 5 heteroatoms. The van der Waals surface area contributed by atoms with E-state index in [4.69, 9.17) is 5.11 Å². The highest BCUT2D eigenvalue weighted by molar-refractivity contribution is 7.97. The SMILES string of the molecule is CSCc1cccc(C(=O)N(C)CCC(=O)O)c1. The summed E-state index contributed by atoms with van der Waals surface area (Å²) >= 11 is 1.70. The fourth-order valence-corrected chi connectivity index (χ4v) is 2.06. The van der Waals surface area contributed by atoms with Crippen LogP contribution in [0.5, 0.6) is 0 Å². The minimum absolute atomic E-state index is 0.0350. The number of carbonyl (C=O) groups excluding carboxylic acids is 1. The van der Waals surface area contributed by atoms with Crippen LogP contribution in [0.15, 0.2) is 24.3 Å². The molecule has 0 saturated carbocycles. The van der Waals surface area contributed by atoms with E-state index in [1.54, 1.807) is 24.9 Å². The molecule has 0 saturated heterocycles. The zero-order valence-electron chi connectivity index (χ0n) is 10.5. The Hall–Kier alpha value is -1.49. The van der Waals surface area contributed by atoms with E-state index < -0.39 is 5.97 Å². The van der Waals surface area contributed by atoms with Crippen LogP contribution in [0.2, 0.25) is 0 Å². The van der Waals surface area contributed by atoms with E-state index in [2.05, 4.69) is 0 Å². The molecule has 0 bridgehead atoms. The molecule has 0 aliphatic heterocycles. The molecule has 18 heavy (non-hydrogen) atoms. The Morgan fingerprint density at radius 1 is 1.39 bits per heavy atom. The number of thioether (sulfide) groups is 1. The molecule has 0 fully saturated rings. The molecule has 0 atom stereocenters. The first-order chi connectivity index (χ1) is 8.54. The summed E-state index contributed by atoms with van der Waals surface area (Å²) in [6.45, 7) is 0.223. The van der Waals surface area contributed by atoms with E-state index in [9.17, 15) is 9.59 Å². The number of carbonyl (C=O) groups is 2. The van der Waals surface area contributed by atoms with Gasteiger partial charge < -0.3 is 10.0 Å². The van der Waals surface area contributed by atoms with Crippen LogP contribution < -0.4 is 0 Å². The number of rotatable bonds is 6. The zero-order chi connectivity index (χ0) is 13.5. The zero-order valence-corrected chi connectivity index (χ0v) is 11.4. The van der Waals surface area contributed by atoms with Crippen molar-refractivity contribution in [1.82, 2.24) is 4.90 Å². The van der Waals surface area contributed by atoms with Crippen LogP contribution in [-0.2, 0) is 10.5 Å². The highest BCUT2D eigenvalue weighted by Crippen LogP contribution is 2.12. The van der Waals surface area contributed by atoms with E-state index in [0.29, 0.717) is 5.56 Å². The molecule has 0 spiro atoms. The van der Waals surface area contributed by atoms with Gasteiger partial charge in [0.15, 0.2) is 0 Å². The predicted molar refractivity (Wildman–Crippen MR) is 72.9 cm³/mol. The van der Waals surface area contributed by atoms with Gasteiger partial charge in [0, 0.05) is 24.9 Å². The highest BCUT2D eigenvalue weighted by Gasteiger charge is 2.12. The quantitative estimate of drug-likeness (QED) is 0.857. The Morgan fingerprint density at radius 3 is 2.72 bits per heavy atom. The Morgan fingerprint density at radius 2 is 2.11 bits per heavy atom. The number of carboxylic acids is 1. The fourth-order valence-electron chi connectivity index (χ4n) is 1.55. The Kier molecular flexibility index (Phi) is 5.71. The third-order valence-electron chi connectivity index (χ3n) is 2.49. The van der Waals surface area contributed by atoms with Gasteiger partial charge in [-0.05, 0) is 24.0 Å². The number of amides is 1. The molecular formula is C13H17NO3S. The Bertz CT molecular complexity index is 434. The second kappa shape index (κ2) is 7.06. The summed E-state index contributed by atoms with van der Waals surface area (Å²) in [6.07, 6.45) is 1.97. The number of nitrogens with zero attached hydrogens (tertiary/aromatic N) is 1. The molecule has 1 aromatic carbocycles. The first-order valence-electron chi connectivity index (χ1n) is 5.59. The first-order valence-corrected chi connectivity index (χ1v) is 6.99. The van der Waals surface area contributed by atoms with Crippen LogP contribution in [0.25, 0.3) is 0 Å². The molecule has 0 radical (unpaired) electrons. The first kappa shape index (κ1) is 14.6. The van der Waals surface area contributed by atoms with Crippen molar-refractivity contribution < 1.29 is 14.7 Å². The summed E-state index contributed by atoms with van der Waals surface area (Å²) in [5, 5.41) is 8.59. The lowest BCUT2D eigenvalue weighted by atomic mass is 10.1. The van der Waals surface area contributed by atoms with Gasteiger partial charge in [-0.1, -0.05) is 12.1 Å². The Balaban J connectivity index is 2.70. The van der Waals surface area contributed by atoms with Crippen molar-refractivity contribution in [3.05, 3.63) is 35.4 Å². The molecule has 0 aromatic heterocycles. The average molecular weight is 267 g/mol. The van der Waals surface area contributed by atoms with E-state index >= 15 is 0 Å². The summed E-state index contributed by atoms with van der Waals surface area (Å²) in [5.74, 6) is -0.176. The number of aliphatic carboxylic acids is 1. The van der Waals surface area contributed by atoms with Gasteiger partial charge in [-0.2, -0.15) is 11.8 Å². The van der Waals surface area contributed by atoms with E-state index in [-0.39, 0.29) is 18.9 Å². The van der Waals surface area contributed by atoms with Crippen LogP contribution in [0.1, 0.15) is 22.3 Å². The van der Waals surface area contributed by atoms with Gasteiger partial charge in [-0.15, -0.1) is 0 Å². The van der Waals surface area contributed by atoms with E-state index in [0.717, 1.165) is 11.3 Å². The van der Waals surface area contributed by atoms with Gasteiger partial charge in [-0.25, -0.2) is 0 Å². The highest BCUT2D eigenvalue weighted by atomic mass is 32.2. The maximum absolute atomic E-state index is 12.0. The van der Waals surface area contributed by atoms with E-state index in [1.165, 1.54) is 4.90 Å². The monoisotopic (exact) mass is 267 g/mol. The summed E-state index contributed by atoms with van der Waals surface area (Å²) < 4.78 is 0. The van der Waals surface area contributed by atoms with Crippen LogP contribution in [0, 0.1) is 0 Å². The molecule has 0 aliphatic carbocycles. The topological polar surface area (TPSA) is 57.6 Å². The standard InChI is InChI=1S/C13H17NO3S/c1-14(7-6-12(15)16)13(17)11-5-3-4-10(8-11)9-18-2/h3-5,8H,6-7,9H2,1-2H3,(H,15,16). The molecule has 1 N–H and O–H groups in total. The molecule has 1 rings (SSSR count). The minimum Gasteiger partial charge on any atom is -0.481 e. The third kappa shape index (κ3) is 4.41. The lowest BCUT2D eigenvalue weighted by molar-refractivity contribution is -0.137. The minimum atomic E-state index is -0.897. The van der Waals surface area contributed by atoms with Gasteiger partial charge in [-0.3, -0.25) is 9.59 Å². The van der Waals surface area contributed by atoms with E-state index in [1.807, 2.05) is 24.5 Å². The second-order valence-electron chi connectivity index (χ2n) is 4.00. The summed E-state index contributed by atoms with van der Waals surface area (Å²) in [5.41, 5.74) is 1.70. The van der Waals surface area contributed by atoms with Crippen LogP contribution in [0.3, 0.4) is 0 Å². The molecule has 4 nitrogen and oxygen atoms in total. The van der Waals surface area contributed by atoms with Crippen molar-refractivity contribution in [1.29, 1.82) is 0 Å². The average Bonchev–Trinajstić information content (AvgIpc) is 2.35. The maximum Gasteiger partial charge on any atom is 0.305 e. The summed E-state index contributed by atoms with van der Waals surface area (Å²) in [6, 6.07) is 7.44. The Labute approximate surface area is 111 Å². The van der Waals surface area contributed by atoms with Gasteiger partial charge >= 0.3 is 5.97 Å². The number of carboxylic acid groups (broad SMARTS) is 1. The molecule has 1 aromatic rings. The van der Waals surface area contributed by atoms with Crippen molar-refractivity contribution in [2.75, 3.05) is 19.8 Å². The second-order valence-corrected chi connectivity index (χ2v) is 4.87. The summed E-state index contributed by atoms with van der Waals surface area (Å²) in [7, 11) is 1.62. The lowest BCUT2D eigenvalue weighted by Crippen LogP contribution is -2.29. The maximum atomic E-state index is 12.0. The molecule has 98 valence electrons. The molecule has 0 aliphatic rings. The van der Waals surface area contributed by atoms with Crippen LogP contribution >= 0.6 is 11.8 Å². The molecular weight excluding hydrogens is 250 g/mol. The van der Waals surface area contributed by atoms with Crippen molar-refractivity contribution in [3.8, 4) is 0 Å². The van der Waals surface area contributed by atoms with Crippen molar-refractivity contribution >= 4 is 23.6 Å². The van der Waals surface area contributed by atoms with Crippen LogP contribution in [0.4, 0.5) is 0 Å². The predicted octanol–water partition coefficient (Wildman–Crippen LogP) is 2.10. The van der Waals surface area contributed by atoms with Gasteiger partial charge in [0.1, 0.15) is 0 Å². The smallest absolute Gasteiger partial charge is 0.305 e. The number of hydrogen-bond acceptors (Lipinski definition) is 3. The fraction of sp³-hybridized carbons (Fsp3) is 0.385. The number of hydrogen-bond donors (Lipinski definition) is 1. The van der Waals surface area contributed by atoms with Crippen molar-refractivity contribution in [2.24, 2.45) is 0 Å². The largest absolute Gasteiger partial charge is 0.481 e. The van der Waals surface area contributed by atoms with Gasteiger partial charge in [0.25, 0.3) is 5.91 Å². The number of benzene rings is 1. The molecule has 1 amide bonds. The normalized spacial score (nSPS) is 10.1. The lowest BCUT2D eigenvalue weighted by Gasteiger charge is -2.16. The third-order valence-corrected chi connectivity index (χ3v) is 3.11. The summed E-state index contributed by atoms with van der Waals surface area (Å²) in [4.78, 5) is 23.9. The van der Waals surface area contributed by atoms with Crippen LogP contribution in [-0.4, -0.2) is 41.7 Å². The van der Waals surface area contributed by atoms with Crippen molar-refractivity contribution in [3.63, 3.8) is 0 Å². The molecule has 0 heterocycles.